The molecule has 0 fully saturated rings. The number of furan rings is 1. The van der Waals surface area contributed by atoms with Gasteiger partial charge in [0.1, 0.15) is 5.58 Å². The molecule has 0 saturated carbocycles. The first kappa shape index (κ1) is 37.2. The molecule has 0 aliphatic carbocycles. The molecule has 7 aromatic rings. The highest BCUT2D eigenvalue weighted by atomic mass is 32.2. The van der Waals surface area contributed by atoms with E-state index in [1.54, 1.807) is 0 Å². The van der Waals surface area contributed by atoms with Crippen molar-refractivity contribution < 1.29 is 4.42 Å². The molecule has 58 heavy (non-hydrogen) atoms. The minimum Gasteiger partial charge on any atom is -0.468 e. The van der Waals surface area contributed by atoms with Crippen LogP contribution in [0.4, 0.5) is 34.1 Å². The van der Waals surface area contributed by atoms with E-state index in [4.69, 9.17) is 4.42 Å². The van der Waals surface area contributed by atoms with E-state index in [9.17, 15) is 0 Å². The molecular formula is C53H53BN2OS. The van der Waals surface area contributed by atoms with Crippen LogP contribution >= 0.6 is 11.8 Å². The first-order valence-electron chi connectivity index (χ1n) is 20.9. The fraction of sp³-hybridized carbons (Fsp3) is 0.283. The fourth-order valence-electron chi connectivity index (χ4n) is 9.59. The Balaban J connectivity index is 1.28. The van der Waals surface area contributed by atoms with Crippen LogP contribution in [0.1, 0.15) is 104 Å². The van der Waals surface area contributed by atoms with Crippen LogP contribution in [0, 0.1) is 0 Å². The molecule has 0 saturated heterocycles. The Morgan fingerprint density at radius 1 is 0.534 bits per heavy atom. The highest BCUT2D eigenvalue weighted by molar-refractivity contribution is 7.99. The zero-order valence-electron chi connectivity index (χ0n) is 35.8. The van der Waals surface area contributed by atoms with Gasteiger partial charge in [-0.05, 0) is 116 Å². The molecule has 0 amide bonds. The highest BCUT2D eigenvalue weighted by Gasteiger charge is 2.47. The SMILES string of the molecule is CC(C)(C)c1ccc(N2c3ccc(C(C)(C)C)cc3B3c4oc5cc6c(cc5c4N(c4ccc(C(C)(C)C)cc4)c4cccc2c43)Sc2ccccc2C6(C)C)cc1. The minimum absolute atomic E-state index is 0.0307. The van der Waals surface area contributed by atoms with Crippen molar-refractivity contribution in [3.05, 3.63) is 149 Å². The summed E-state index contributed by atoms with van der Waals surface area (Å²) < 4.78 is 7.42. The Bertz CT molecular complexity index is 2790. The van der Waals surface area contributed by atoms with E-state index in [0.29, 0.717) is 0 Å². The molecule has 0 radical (unpaired) electrons. The average molecular weight is 777 g/mol. The third kappa shape index (κ3) is 5.56. The molecule has 0 bridgehead atoms. The summed E-state index contributed by atoms with van der Waals surface area (Å²) in [5, 5.41) is 1.15. The quantitative estimate of drug-likeness (QED) is 0.163. The third-order valence-electron chi connectivity index (χ3n) is 13.0. The number of hydrogen-bond acceptors (Lipinski definition) is 4. The fourth-order valence-corrected chi connectivity index (χ4v) is 11.0. The van der Waals surface area contributed by atoms with Gasteiger partial charge in [0.05, 0.1) is 11.3 Å². The van der Waals surface area contributed by atoms with Gasteiger partial charge in [0, 0.05) is 49.0 Å². The number of anilines is 6. The van der Waals surface area contributed by atoms with Crippen LogP contribution in [-0.2, 0) is 21.7 Å². The Hall–Kier alpha value is -5.13. The zero-order valence-corrected chi connectivity index (χ0v) is 36.7. The Morgan fingerprint density at radius 3 is 1.72 bits per heavy atom. The normalized spacial score (nSPS) is 15.5. The second-order valence-electron chi connectivity index (χ2n) is 20.3. The lowest BCUT2D eigenvalue weighted by Crippen LogP contribution is -2.61. The van der Waals surface area contributed by atoms with Crippen LogP contribution in [0.15, 0.2) is 136 Å². The van der Waals surface area contributed by atoms with Gasteiger partial charge in [-0.25, -0.2) is 0 Å². The van der Waals surface area contributed by atoms with E-state index in [1.165, 1.54) is 65.6 Å². The molecule has 0 spiro atoms. The lowest BCUT2D eigenvalue weighted by atomic mass is 9.35. The summed E-state index contributed by atoms with van der Waals surface area (Å²) in [4.78, 5) is 7.62. The monoisotopic (exact) mass is 776 g/mol. The van der Waals surface area contributed by atoms with Gasteiger partial charge in [0.25, 0.3) is 6.71 Å². The van der Waals surface area contributed by atoms with E-state index in [-0.39, 0.29) is 28.4 Å². The number of rotatable bonds is 2. The van der Waals surface area contributed by atoms with Crippen molar-refractivity contribution in [2.24, 2.45) is 0 Å². The molecule has 290 valence electrons. The van der Waals surface area contributed by atoms with Crippen molar-refractivity contribution in [3.63, 3.8) is 0 Å². The second kappa shape index (κ2) is 12.4. The van der Waals surface area contributed by atoms with Crippen molar-refractivity contribution in [1.82, 2.24) is 0 Å². The molecule has 1 aromatic heterocycles. The maximum Gasteiger partial charge on any atom is 0.297 e. The van der Waals surface area contributed by atoms with Crippen LogP contribution < -0.4 is 26.4 Å². The number of benzene rings is 6. The van der Waals surface area contributed by atoms with Gasteiger partial charge < -0.3 is 14.2 Å². The molecule has 0 atom stereocenters. The minimum atomic E-state index is -0.167. The van der Waals surface area contributed by atoms with Crippen molar-refractivity contribution in [2.75, 3.05) is 9.80 Å². The van der Waals surface area contributed by atoms with Crippen LogP contribution in [0.3, 0.4) is 0 Å². The van der Waals surface area contributed by atoms with Crippen LogP contribution in [0.5, 0.6) is 0 Å². The summed E-state index contributed by atoms with van der Waals surface area (Å²) in [6, 6.07) is 46.2. The topological polar surface area (TPSA) is 19.6 Å². The Kier molecular flexibility index (Phi) is 7.97. The van der Waals surface area contributed by atoms with Gasteiger partial charge in [0.15, 0.2) is 0 Å². The molecular weight excluding hydrogens is 723 g/mol. The Labute approximate surface area is 349 Å². The summed E-state index contributed by atoms with van der Waals surface area (Å²) in [5.74, 6) is 0. The maximum atomic E-state index is 7.42. The Morgan fingerprint density at radius 2 is 1.10 bits per heavy atom. The van der Waals surface area contributed by atoms with Gasteiger partial charge in [-0.3, -0.25) is 0 Å². The van der Waals surface area contributed by atoms with Gasteiger partial charge in [-0.15, -0.1) is 0 Å². The second-order valence-corrected chi connectivity index (χ2v) is 21.4. The molecule has 3 aliphatic heterocycles. The predicted molar refractivity (Wildman–Crippen MR) is 249 cm³/mol. The molecule has 0 N–H and O–H groups in total. The molecule has 6 aromatic carbocycles. The first-order valence-corrected chi connectivity index (χ1v) is 21.7. The lowest BCUT2D eigenvalue weighted by Gasteiger charge is -2.43. The highest BCUT2D eigenvalue weighted by Crippen LogP contribution is 2.53. The van der Waals surface area contributed by atoms with Gasteiger partial charge in [-0.1, -0.05) is 149 Å². The van der Waals surface area contributed by atoms with Crippen molar-refractivity contribution >= 4 is 80.2 Å². The summed E-state index contributed by atoms with van der Waals surface area (Å²) in [6.07, 6.45) is 0. The molecule has 3 nitrogen and oxygen atoms in total. The molecule has 3 aliphatic rings. The van der Waals surface area contributed by atoms with Crippen LogP contribution in [0.2, 0.25) is 0 Å². The van der Waals surface area contributed by atoms with Crippen LogP contribution in [0.25, 0.3) is 11.0 Å². The molecule has 5 heteroatoms. The van der Waals surface area contributed by atoms with Crippen molar-refractivity contribution in [2.45, 2.75) is 108 Å². The lowest BCUT2D eigenvalue weighted by molar-refractivity contribution is 0.590. The predicted octanol–water partition coefficient (Wildman–Crippen LogP) is 13.2. The van der Waals surface area contributed by atoms with Gasteiger partial charge in [0.2, 0.25) is 0 Å². The smallest absolute Gasteiger partial charge is 0.297 e. The standard InChI is InChI=1S/C53H53BN2OS/c1-50(2,3)32-19-24-35(25-20-32)55-41-28-23-34(52(7,8)9)29-40(41)54-47-42(55)16-14-17-43(47)56(36-26-21-33(22-27-36)51(4,5)6)48-37-30-46-39(31-44(37)57-49(48)54)53(10,11)38-15-12-13-18-45(38)58-46/h12-31H,1-11H3. The zero-order chi connectivity index (χ0) is 40.7. The summed E-state index contributed by atoms with van der Waals surface area (Å²) in [5.41, 5.74) is 18.1. The summed E-state index contributed by atoms with van der Waals surface area (Å²) >= 11 is 1.89. The average Bonchev–Trinajstić information content (AvgIpc) is 3.54. The van der Waals surface area contributed by atoms with E-state index >= 15 is 0 Å². The molecule has 10 rings (SSSR count). The van der Waals surface area contributed by atoms with Crippen molar-refractivity contribution in [3.8, 4) is 0 Å². The van der Waals surface area contributed by atoms with E-state index in [1.807, 2.05) is 11.8 Å². The number of fused-ring (bicyclic) bond motifs is 8. The first-order chi connectivity index (χ1) is 27.4. The van der Waals surface area contributed by atoms with Crippen LogP contribution in [-0.4, -0.2) is 6.71 Å². The molecule has 4 heterocycles. The largest absolute Gasteiger partial charge is 0.468 e. The van der Waals surface area contributed by atoms with Gasteiger partial charge >= 0.3 is 0 Å². The maximum absolute atomic E-state index is 7.42. The summed E-state index contributed by atoms with van der Waals surface area (Å²) in [6.45, 7) is 25.3. The van der Waals surface area contributed by atoms with E-state index in [0.717, 1.165) is 33.7 Å². The van der Waals surface area contributed by atoms with Crippen molar-refractivity contribution in [1.29, 1.82) is 0 Å². The van der Waals surface area contributed by atoms with E-state index in [2.05, 4.69) is 207 Å². The number of hydrogen-bond donors (Lipinski definition) is 0. The van der Waals surface area contributed by atoms with Gasteiger partial charge in [-0.2, -0.15) is 0 Å². The third-order valence-corrected chi connectivity index (χ3v) is 14.1. The number of nitrogens with zero attached hydrogens (tertiary/aromatic N) is 2. The van der Waals surface area contributed by atoms with E-state index < -0.39 is 0 Å². The molecule has 0 unspecified atom stereocenters. The summed E-state index contributed by atoms with van der Waals surface area (Å²) in [7, 11) is 0.